The molecule has 1 aromatic carbocycles. The van der Waals surface area contributed by atoms with Gasteiger partial charge in [-0.25, -0.2) is 0 Å². The summed E-state index contributed by atoms with van der Waals surface area (Å²) in [6.45, 7) is 5.55. The number of carbonyl (C=O) groups excluding carboxylic acids is 1. The van der Waals surface area contributed by atoms with E-state index in [0.717, 1.165) is 0 Å². The summed E-state index contributed by atoms with van der Waals surface area (Å²) in [6, 6.07) is 5.31. The van der Waals surface area contributed by atoms with Crippen LogP contribution < -0.4 is 10.5 Å². The monoisotopic (exact) mass is 259 g/mol. The smallest absolute Gasteiger partial charge is 0.165 e. The largest absolute Gasteiger partial charge is 0.454 e. The summed E-state index contributed by atoms with van der Waals surface area (Å²) in [5.74, 6) is 1.12. The summed E-state index contributed by atoms with van der Waals surface area (Å²) in [5.41, 5.74) is 6.66. The van der Waals surface area contributed by atoms with Crippen LogP contribution in [0.15, 0.2) is 30.6 Å². The lowest BCUT2D eigenvalue weighted by molar-refractivity contribution is 0.101. The van der Waals surface area contributed by atoms with Gasteiger partial charge >= 0.3 is 0 Å². The SMILES string of the molecule is CC(=O)c1cc(Oc2cnn(C(C)C)c2)ccc1N. The molecule has 0 fully saturated rings. The van der Waals surface area contributed by atoms with E-state index < -0.39 is 0 Å². The highest BCUT2D eigenvalue weighted by atomic mass is 16.5. The van der Waals surface area contributed by atoms with Crippen LogP contribution in [0.5, 0.6) is 11.5 Å². The molecule has 0 amide bonds. The van der Waals surface area contributed by atoms with E-state index in [4.69, 9.17) is 10.5 Å². The van der Waals surface area contributed by atoms with Gasteiger partial charge in [-0.05, 0) is 39.0 Å². The maximum Gasteiger partial charge on any atom is 0.165 e. The maximum atomic E-state index is 11.4. The number of carbonyl (C=O) groups is 1. The third-order valence-electron chi connectivity index (χ3n) is 2.75. The molecule has 5 nitrogen and oxygen atoms in total. The minimum Gasteiger partial charge on any atom is -0.454 e. The summed E-state index contributed by atoms with van der Waals surface area (Å²) >= 11 is 0. The van der Waals surface area contributed by atoms with Crippen LogP contribution in [0.3, 0.4) is 0 Å². The van der Waals surface area contributed by atoms with Crippen LogP contribution in [0, 0.1) is 0 Å². The molecule has 1 heterocycles. The number of Topliss-reactive ketones (excluding diaryl/α,β-unsaturated/α-hetero) is 1. The van der Waals surface area contributed by atoms with Crippen molar-refractivity contribution in [1.29, 1.82) is 0 Å². The second kappa shape index (κ2) is 5.14. The Kier molecular flexibility index (Phi) is 3.55. The Bertz CT molecular complexity index is 602. The number of nitrogens with zero attached hydrogens (tertiary/aromatic N) is 2. The zero-order valence-corrected chi connectivity index (χ0v) is 11.3. The van der Waals surface area contributed by atoms with Gasteiger partial charge in [-0.15, -0.1) is 0 Å². The molecule has 100 valence electrons. The molecule has 0 aliphatic heterocycles. The summed E-state index contributed by atoms with van der Waals surface area (Å²) < 4.78 is 7.47. The highest BCUT2D eigenvalue weighted by Gasteiger charge is 2.08. The molecule has 2 rings (SSSR count). The number of ketones is 1. The van der Waals surface area contributed by atoms with Gasteiger partial charge < -0.3 is 10.5 Å². The normalized spacial score (nSPS) is 10.7. The lowest BCUT2D eigenvalue weighted by atomic mass is 10.1. The molecule has 0 unspecified atom stereocenters. The standard InChI is InChI=1S/C14H17N3O2/c1-9(2)17-8-12(7-16-17)19-11-4-5-14(15)13(6-11)10(3)18/h4-9H,15H2,1-3H3. The Labute approximate surface area is 112 Å². The van der Waals surface area contributed by atoms with E-state index in [1.807, 2.05) is 20.0 Å². The zero-order chi connectivity index (χ0) is 14.0. The molecule has 0 radical (unpaired) electrons. The van der Waals surface area contributed by atoms with Crippen molar-refractivity contribution in [2.45, 2.75) is 26.8 Å². The van der Waals surface area contributed by atoms with Gasteiger partial charge in [0.05, 0.1) is 12.4 Å². The van der Waals surface area contributed by atoms with Crippen molar-refractivity contribution < 1.29 is 9.53 Å². The van der Waals surface area contributed by atoms with Crippen molar-refractivity contribution in [2.75, 3.05) is 5.73 Å². The lowest BCUT2D eigenvalue weighted by Gasteiger charge is -2.07. The molecular formula is C14H17N3O2. The van der Waals surface area contributed by atoms with Crippen LogP contribution in [0.25, 0.3) is 0 Å². The first-order valence-electron chi connectivity index (χ1n) is 6.10. The second-order valence-electron chi connectivity index (χ2n) is 4.66. The van der Waals surface area contributed by atoms with Gasteiger partial charge in [0, 0.05) is 17.3 Å². The number of rotatable bonds is 4. The Hall–Kier alpha value is -2.30. The quantitative estimate of drug-likeness (QED) is 0.676. The van der Waals surface area contributed by atoms with Gasteiger partial charge in [0.2, 0.25) is 0 Å². The van der Waals surface area contributed by atoms with E-state index in [9.17, 15) is 4.79 Å². The number of hydrogen-bond acceptors (Lipinski definition) is 4. The number of nitrogens with two attached hydrogens (primary N) is 1. The van der Waals surface area contributed by atoms with E-state index in [-0.39, 0.29) is 11.8 Å². The van der Waals surface area contributed by atoms with Gasteiger partial charge in [-0.3, -0.25) is 9.48 Å². The van der Waals surface area contributed by atoms with Crippen LogP contribution in [-0.4, -0.2) is 15.6 Å². The van der Waals surface area contributed by atoms with Crippen LogP contribution in [0.4, 0.5) is 5.69 Å². The molecule has 1 aromatic heterocycles. The van der Waals surface area contributed by atoms with Crippen molar-refractivity contribution in [3.8, 4) is 11.5 Å². The number of hydrogen-bond donors (Lipinski definition) is 1. The second-order valence-corrected chi connectivity index (χ2v) is 4.66. The zero-order valence-electron chi connectivity index (χ0n) is 11.3. The van der Waals surface area contributed by atoms with Crippen LogP contribution >= 0.6 is 0 Å². The van der Waals surface area contributed by atoms with Gasteiger partial charge in [0.1, 0.15) is 5.75 Å². The fraction of sp³-hybridized carbons (Fsp3) is 0.286. The molecule has 0 atom stereocenters. The highest BCUT2D eigenvalue weighted by Crippen LogP contribution is 2.25. The van der Waals surface area contributed by atoms with Crippen molar-refractivity contribution in [3.05, 3.63) is 36.2 Å². The number of aromatic nitrogens is 2. The van der Waals surface area contributed by atoms with Crippen molar-refractivity contribution in [1.82, 2.24) is 9.78 Å². The Balaban J connectivity index is 2.23. The first-order valence-corrected chi connectivity index (χ1v) is 6.10. The van der Waals surface area contributed by atoms with E-state index in [0.29, 0.717) is 22.7 Å². The molecule has 0 aliphatic rings. The van der Waals surface area contributed by atoms with E-state index in [1.165, 1.54) is 6.92 Å². The molecule has 0 saturated carbocycles. The molecule has 0 spiro atoms. The van der Waals surface area contributed by atoms with Gasteiger partial charge in [-0.1, -0.05) is 0 Å². The predicted octanol–water partition coefficient (Wildman–Crippen LogP) is 3.04. The summed E-state index contributed by atoms with van der Waals surface area (Å²) in [6.07, 6.45) is 3.46. The summed E-state index contributed by atoms with van der Waals surface area (Å²) in [4.78, 5) is 11.4. The molecule has 0 bridgehead atoms. The molecule has 2 aromatic rings. The Morgan fingerprint density at radius 3 is 2.68 bits per heavy atom. The lowest BCUT2D eigenvalue weighted by Crippen LogP contribution is -2.00. The molecule has 5 heteroatoms. The number of nitrogen functional groups attached to an aromatic ring is 1. The average molecular weight is 259 g/mol. The number of ether oxygens (including phenoxy) is 1. The van der Waals surface area contributed by atoms with Crippen molar-refractivity contribution in [3.63, 3.8) is 0 Å². The predicted molar refractivity (Wildman–Crippen MR) is 73.5 cm³/mol. The number of benzene rings is 1. The maximum absolute atomic E-state index is 11.4. The van der Waals surface area contributed by atoms with Gasteiger partial charge in [-0.2, -0.15) is 5.10 Å². The average Bonchev–Trinajstić information content (AvgIpc) is 2.80. The topological polar surface area (TPSA) is 70.1 Å². The first kappa shape index (κ1) is 13.1. The first-order chi connectivity index (χ1) is 8.97. The minimum absolute atomic E-state index is 0.0826. The highest BCUT2D eigenvalue weighted by molar-refractivity contribution is 5.99. The summed E-state index contributed by atoms with van der Waals surface area (Å²) in [7, 11) is 0. The third-order valence-corrected chi connectivity index (χ3v) is 2.75. The Morgan fingerprint density at radius 2 is 2.11 bits per heavy atom. The molecule has 19 heavy (non-hydrogen) atoms. The molecule has 2 N–H and O–H groups in total. The fourth-order valence-corrected chi connectivity index (χ4v) is 1.70. The van der Waals surface area contributed by atoms with E-state index in [1.54, 1.807) is 29.1 Å². The van der Waals surface area contributed by atoms with Crippen LogP contribution in [0.1, 0.15) is 37.2 Å². The molecule has 0 saturated heterocycles. The fourth-order valence-electron chi connectivity index (χ4n) is 1.70. The van der Waals surface area contributed by atoms with Gasteiger partial charge in [0.15, 0.2) is 11.5 Å². The van der Waals surface area contributed by atoms with E-state index in [2.05, 4.69) is 5.10 Å². The van der Waals surface area contributed by atoms with Gasteiger partial charge in [0.25, 0.3) is 0 Å². The van der Waals surface area contributed by atoms with E-state index >= 15 is 0 Å². The third kappa shape index (κ3) is 2.93. The summed E-state index contributed by atoms with van der Waals surface area (Å²) in [5, 5.41) is 4.19. The van der Waals surface area contributed by atoms with Crippen molar-refractivity contribution >= 4 is 11.5 Å². The van der Waals surface area contributed by atoms with Crippen molar-refractivity contribution in [2.24, 2.45) is 0 Å². The number of anilines is 1. The van der Waals surface area contributed by atoms with Crippen LogP contribution in [0.2, 0.25) is 0 Å². The molecular weight excluding hydrogens is 242 g/mol. The molecule has 0 aliphatic carbocycles. The Morgan fingerprint density at radius 1 is 1.37 bits per heavy atom. The minimum atomic E-state index is -0.0826. The van der Waals surface area contributed by atoms with Crippen LogP contribution in [-0.2, 0) is 0 Å².